The molecule has 1 aromatic rings. The molecule has 1 N–H and O–H groups in total. The standard InChI is InChI=1S/C15H23N3O/c1-11-13(7-14(8-16)18(11)3)10-17(2)9-12-5-4-6-15(12)19/h7,12,15,19H,4-6,9-10H2,1-3H3. The summed E-state index contributed by atoms with van der Waals surface area (Å²) < 4.78 is 1.94. The molecule has 2 unspecified atom stereocenters. The topological polar surface area (TPSA) is 52.2 Å². The monoisotopic (exact) mass is 261 g/mol. The maximum absolute atomic E-state index is 9.87. The van der Waals surface area contributed by atoms with Gasteiger partial charge in [-0.15, -0.1) is 0 Å². The Morgan fingerprint density at radius 3 is 2.79 bits per heavy atom. The van der Waals surface area contributed by atoms with Gasteiger partial charge in [-0.2, -0.15) is 5.26 Å². The van der Waals surface area contributed by atoms with Gasteiger partial charge in [-0.05, 0) is 44.4 Å². The fourth-order valence-corrected chi connectivity index (χ4v) is 3.02. The average molecular weight is 261 g/mol. The summed E-state index contributed by atoms with van der Waals surface area (Å²) in [5, 5.41) is 18.9. The lowest BCUT2D eigenvalue weighted by atomic mass is 10.1. The third-order valence-corrected chi connectivity index (χ3v) is 4.36. The lowest BCUT2D eigenvalue weighted by Crippen LogP contribution is -2.29. The molecule has 0 amide bonds. The van der Waals surface area contributed by atoms with Gasteiger partial charge in [-0.3, -0.25) is 0 Å². The zero-order valence-corrected chi connectivity index (χ0v) is 12.1. The molecule has 19 heavy (non-hydrogen) atoms. The molecule has 1 aliphatic rings. The van der Waals surface area contributed by atoms with Crippen LogP contribution in [0.3, 0.4) is 0 Å². The van der Waals surface area contributed by atoms with Crippen LogP contribution in [0.2, 0.25) is 0 Å². The van der Waals surface area contributed by atoms with E-state index in [1.807, 2.05) is 17.7 Å². The number of aromatic nitrogens is 1. The van der Waals surface area contributed by atoms with E-state index in [9.17, 15) is 5.11 Å². The van der Waals surface area contributed by atoms with Crippen molar-refractivity contribution in [2.24, 2.45) is 13.0 Å². The van der Waals surface area contributed by atoms with Gasteiger partial charge in [-0.1, -0.05) is 6.42 Å². The molecule has 2 rings (SSSR count). The number of rotatable bonds is 4. The van der Waals surface area contributed by atoms with Gasteiger partial charge in [0.15, 0.2) is 0 Å². The summed E-state index contributed by atoms with van der Waals surface area (Å²) in [5.41, 5.74) is 3.06. The Morgan fingerprint density at radius 1 is 1.53 bits per heavy atom. The SMILES string of the molecule is Cc1c(CN(C)CC2CCCC2O)cc(C#N)n1C. The quantitative estimate of drug-likeness (QED) is 0.899. The van der Waals surface area contributed by atoms with Crippen molar-refractivity contribution in [3.8, 4) is 6.07 Å². The molecule has 1 fully saturated rings. The molecule has 0 saturated heterocycles. The molecular weight excluding hydrogens is 238 g/mol. The number of aliphatic hydroxyl groups is 1. The molecule has 4 heteroatoms. The fourth-order valence-electron chi connectivity index (χ4n) is 3.02. The van der Waals surface area contributed by atoms with Crippen molar-refractivity contribution >= 4 is 0 Å². The van der Waals surface area contributed by atoms with Crippen molar-refractivity contribution in [3.63, 3.8) is 0 Å². The highest BCUT2D eigenvalue weighted by molar-refractivity contribution is 5.34. The van der Waals surface area contributed by atoms with Gasteiger partial charge in [0.25, 0.3) is 0 Å². The first-order valence-corrected chi connectivity index (χ1v) is 6.94. The molecule has 2 atom stereocenters. The van der Waals surface area contributed by atoms with Crippen LogP contribution in [-0.4, -0.2) is 34.3 Å². The van der Waals surface area contributed by atoms with Crippen molar-refractivity contribution in [1.29, 1.82) is 5.26 Å². The second-order valence-electron chi connectivity index (χ2n) is 5.77. The first-order chi connectivity index (χ1) is 9.02. The summed E-state index contributed by atoms with van der Waals surface area (Å²) in [7, 11) is 4.02. The lowest BCUT2D eigenvalue weighted by molar-refractivity contribution is 0.108. The molecule has 1 aliphatic carbocycles. The second kappa shape index (κ2) is 5.77. The molecule has 0 aliphatic heterocycles. The van der Waals surface area contributed by atoms with Crippen molar-refractivity contribution < 1.29 is 5.11 Å². The number of nitriles is 1. The summed E-state index contributed by atoms with van der Waals surface area (Å²) >= 11 is 0. The van der Waals surface area contributed by atoms with Crippen molar-refractivity contribution in [2.75, 3.05) is 13.6 Å². The fraction of sp³-hybridized carbons (Fsp3) is 0.667. The van der Waals surface area contributed by atoms with Crippen LogP contribution in [0.1, 0.15) is 36.2 Å². The number of aliphatic hydroxyl groups excluding tert-OH is 1. The molecule has 1 saturated carbocycles. The van der Waals surface area contributed by atoms with Gasteiger partial charge in [0.1, 0.15) is 11.8 Å². The zero-order chi connectivity index (χ0) is 14.0. The molecule has 4 nitrogen and oxygen atoms in total. The predicted molar refractivity (Wildman–Crippen MR) is 74.5 cm³/mol. The van der Waals surface area contributed by atoms with Crippen LogP contribution >= 0.6 is 0 Å². The smallest absolute Gasteiger partial charge is 0.120 e. The highest BCUT2D eigenvalue weighted by Gasteiger charge is 2.26. The van der Waals surface area contributed by atoms with Crippen LogP contribution in [0.5, 0.6) is 0 Å². The molecule has 0 bridgehead atoms. The van der Waals surface area contributed by atoms with Gasteiger partial charge in [-0.25, -0.2) is 0 Å². The number of hydrogen-bond acceptors (Lipinski definition) is 3. The van der Waals surface area contributed by atoms with Crippen LogP contribution in [0.4, 0.5) is 0 Å². The molecule has 104 valence electrons. The van der Waals surface area contributed by atoms with Crippen LogP contribution in [0.25, 0.3) is 0 Å². The highest BCUT2D eigenvalue weighted by atomic mass is 16.3. The Bertz CT molecular complexity index is 486. The van der Waals surface area contributed by atoms with Gasteiger partial charge >= 0.3 is 0 Å². The van der Waals surface area contributed by atoms with Crippen molar-refractivity contribution in [3.05, 3.63) is 23.0 Å². The molecule has 0 aromatic carbocycles. The first kappa shape index (κ1) is 14.1. The van der Waals surface area contributed by atoms with E-state index in [4.69, 9.17) is 5.26 Å². The number of nitrogens with zero attached hydrogens (tertiary/aromatic N) is 3. The minimum Gasteiger partial charge on any atom is -0.393 e. The minimum absolute atomic E-state index is 0.131. The summed E-state index contributed by atoms with van der Waals surface area (Å²) in [6.45, 7) is 3.82. The Kier molecular flexibility index (Phi) is 4.28. The van der Waals surface area contributed by atoms with Crippen molar-refractivity contribution in [1.82, 2.24) is 9.47 Å². The van der Waals surface area contributed by atoms with E-state index >= 15 is 0 Å². The maximum Gasteiger partial charge on any atom is 0.120 e. The average Bonchev–Trinajstić information content (AvgIpc) is 2.88. The van der Waals surface area contributed by atoms with E-state index < -0.39 is 0 Å². The molecule has 0 radical (unpaired) electrons. The van der Waals surface area contributed by atoms with Gasteiger partial charge in [0.05, 0.1) is 6.10 Å². The molecule has 1 aromatic heterocycles. The summed E-state index contributed by atoms with van der Waals surface area (Å²) in [4.78, 5) is 2.25. The Labute approximate surface area is 115 Å². The van der Waals surface area contributed by atoms with Crippen LogP contribution < -0.4 is 0 Å². The molecule has 1 heterocycles. The Hall–Kier alpha value is -1.31. The van der Waals surface area contributed by atoms with Crippen LogP contribution in [0, 0.1) is 24.2 Å². The second-order valence-corrected chi connectivity index (χ2v) is 5.77. The van der Waals surface area contributed by atoms with E-state index in [1.165, 1.54) is 5.56 Å². The Balaban J connectivity index is 1.99. The highest BCUT2D eigenvalue weighted by Crippen LogP contribution is 2.26. The van der Waals surface area contributed by atoms with E-state index in [1.54, 1.807) is 0 Å². The first-order valence-electron chi connectivity index (χ1n) is 6.94. The normalized spacial score (nSPS) is 22.9. The third-order valence-electron chi connectivity index (χ3n) is 4.36. The lowest BCUT2D eigenvalue weighted by Gasteiger charge is -2.23. The Morgan fingerprint density at radius 2 is 2.26 bits per heavy atom. The predicted octanol–water partition coefficient (Wildman–Crippen LogP) is 1.80. The van der Waals surface area contributed by atoms with Gasteiger partial charge < -0.3 is 14.6 Å². The summed E-state index contributed by atoms with van der Waals surface area (Å²) in [6, 6.07) is 4.18. The number of hydrogen-bond donors (Lipinski definition) is 1. The zero-order valence-electron chi connectivity index (χ0n) is 12.1. The third kappa shape index (κ3) is 2.99. The van der Waals surface area contributed by atoms with E-state index in [-0.39, 0.29) is 6.10 Å². The van der Waals surface area contributed by atoms with Crippen molar-refractivity contribution in [2.45, 2.75) is 38.8 Å². The minimum atomic E-state index is -0.131. The van der Waals surface area contributed by atoms with E-state index in [0.717, 1.165) is 38.0 Å². The molecule has 0 spiro atoms. The van der Waals surface area contributed by atoms with E-state index in [2.05, 4.69) is 24.9 Å². The summed E-state index contributed by atoms with van der Waals surface area (Å²) in [5.74, 6) is 0.407. The van der Waals surface area contributed by atoms with Gasteiger partial charge in [0.2, 0.25) is 0 Å². The molecular formula is C15H23N3O. The van der Waals surface area contributed by atoms with Gasteiger partial charge in [0, 0.05) is 25.8 Å². The largest absolute Gasteiger partial charge is 0.393 e. The van der Waals surface area contributed by atoms with Crippen LogP contribution in [0.15, 0.2) is 6.07 Å². The summed E-state index contributed by atoms with van der Waals surface area (Å²) in [6.07, 6.45) is 3.08. The van der Waals surface area contributed by atoms with Crippen LogP contribution in [-0.2, 0) is 13.6 Å². The maximum atomic E-state index is 9.87. The van der Waals surface area contributed by atoms with E-state index in [0.29, 0.717) is 11.6 Å².